The lowest BCUT2D eigenvalue weighted by molar-refractivity contribution is -0.0397. The molecule has 2 aliphatic rings. The molecule has 2 rings (SSSR count). The number of aliphatic hydroxyl groups is 1. The lowest BCUT2D eigenvalue weighted by Gasteiger charge is -2.30. The van der Waals surface area contributed by atoms with E-state index < -0.39 is 15.1 Å². The molecule has 70 valence electrons. The lowest BCUT2D eigenvalue weighted by Crippen LogP contribution is -2.47. The van der Waals surface area contributed by atoms with Crippen LogP contribution in [0.3, 0.4) is 0 Å². The molecule has 0 saturated carbocycles. The monoisotopic (exact) mass is 190 g/mol. The Bertz CT molecular complexity index is 182. The SMILES string of the molecule is CC(C)[Si]12OCCC(O1)C(O)O2. The van der Waals surface area contributed by atoms with Gasteiger partial charge in [0.25, 0.3) is 0 Å². The summed E-state index contributed by atoms with van der Waals surface area (Å²) < 4.78 is 16.5. The van der Waals surface area contributed by atoms with Crippen molar-refractivity contribution in [3.63, 3.8) is 0 Å². The van der Waals surface area contributed by atoms with Gasteiger partial charge in [-0.1, -0.05) is 13.8 Å². The predicted molar refractivity (Wildman–Crippen MR) is 43.4 cm³/mol. The van der Waals surface area contributed by atoms with Crippen molar-refractivity contribution in [1.29, 1.82) is 0 Å². The van der Waals surface area contributed by atoms with Crippen molar-refractivity contribution in [3.05, 3.63) is 0 Å². The number of rotatable bonds is 1. The molecule has 0 spiro atoms. The largest absolute Gasteiger partial charge is 0.506 e. The highest BCUT2D eigenvalue weighted by atomic mass is 28.4. The zero-order valence-electron chi connectivity index (χ0n) is 7.32. The van der Waals surface area contributed by atoms with Crippen LogP contribution in [0.2, 0.25) is 5.54 Å². The van der Waals surface area contributed by atoms with Crippen LogP contribution in [0.1, 0.15) is 20.3 Å². The van der Waals surface area contributed by atoms with Crippen molar-refractivity contribution in [2.75, 3.05) is 6.61 Å². The van der Waals surface area contributed by atoms with Gasteiger partial charge in [-0.2, -0.15) is 0 Å². The van der Waals surface area contributed by atoms with Gasteiger partial charge in [-0.05, 0) is 6.42 Å². The molecule has 0 amide bonds. The Kier molecular flexibility index (Phi) is 2.00. The zero-order chi connectivity index (χ0) is 8.77. The second kappa shape index (κ2) is 2.78. The molecule has 0 aromatic rings. The second-order valence-electron chi connectivity index (χ2n) is 3.56. The van der Waals surface area contributed by atoms with Crippen LogP contribution in [0, 0.1) is 0 Å². The highest BCUT2D eigenvalue weighted by Crippen LogP contribution is 2.38. The van der Waals surface area contributed by atoms with E-state index in [2.05, 4.69) is 0 Å². The molecule has 2 bridgehead atoms. The average molecular weight is 190 g/mol. The molecule has 3 atom stereocenters. The van der Waals surface area contributed by atoms with Crippen molar-refractivity contribution < 1.29 is 18.4 Å². The fourth-order valence-electron chi connectivity index (χ4n) is 1.57. The zero-order valence-corrected chi connectivity index (χ0v) is 8.32. The summed E-state index contributed by atoms with van der Waals surface area (Å²) in [5, 5.41) is 9.42. The van der Waals surface area contributed by atoms with Crippen molar-refractivity contribution in [2.45, 2.75) is 38.2 Å². The van der Waals surface area contributed by atoms with Crippen LogP contribution in [-0.4, -0.2) is 32.9 Å². The van der Waals surface area contributed by atoms with Gasteiger partial charge in [0.1, 0.15) is 6.10 Å². The summed E-state index contributed by atoms with van der Waals surface area (Å²) in [5.74, 6) is 0. The Labute approximate surface area is 72.8 Å². The summed E-state index contributed by atoms with van der Waals surface area (Å²) in [6.07, 6.45) is -0.169. The number of fused-ring (bicyclic) bond motifs is 2. The maximum Gasteiger partial charge on any atom is 0.506 e. The first-order valence-corrected chi connectivity index (χ1v) is 6.12. The molecule has 12 heavy (non-hydrogen) atoms. The third kappa shape index (κ3) is 1.13. The first-order valence-electron chi connectivity index (χ1n) is 4.32. The Hall–Kier alpha value is 0.0569. The molecule has 5 heteroatoms. The summed E-state index contributed by atoms with van der Waals surface area (Å²) in [7, 11) is -2.47. The van der Waals surface area contributed by atoms with E-state index in [0.717, 1.165) is 6.42 Å². The summed E-state index contributed by atoms with van der Waals surface area (Å²) >= 11 is 0. The number of hydrogen-bond acceptors (Lipinski definition) is 4. The second-order valence-corrected chi connectivity index (χ2v) is 6.68. The fraction of sp³-hybridized carbons (Fsp3) is 1.00. The van der Waals surface area contributed by atoms with Gasteiger partial charge >= 0.3 is 8.80 Å². The minimum atomic E-state index is -2.47. The third-order valence-corrected chi connectivity index (χ3v) is 5.55. The van der Waals surface area contributed by atoms with Crippen LogP contribution >= 0.6 is 0 Å². The van der Waals surface area contributed by atoms with Gasteiger partial charge in [-0.15, -0.1) is 0 Å². The maximum absolute atomic E-state index is 9.42. The molecular weight excluding hydrogens is 176 g/mol. The van der Waals surface area contributed by atoms with E-state index in [9.17, 15) is 5.11 Å². The van der Waals surface area contributed by atoms with Crippen molar-refractivity contribution in [1.82, 2.24) is 0 Å². The topological polar surface area (TPSA) is 47.9 Å². The highest BCUT2D eigenvalue weighted by molar-refractivity contribution is 6.63. The standard InChI is InChI=1S/C7H14O4Si/c1-5(2)12-9-4-3-6(10-12)7(8)11-12/h5-8H,3-4H2,1-2H3. The summed E-state index contributed by atoms with van der Waals surface area (Å²) in [4.78, 5) is 0. The van der Waals surface area contributed by atoms with Gasteiger partial charge in [0.15, 0.2) is 6.29 Å². The van der Waals surface area contributed by atoms with Crippen LogP contribution in [0.25, 0.3) is 0 Å². The molecule has 2 aliphatic heterocycles. The van der Waals surface area contributed by atoms with Crippen molar-refractivity contribution in [3.8, 4) is 0 Å². The van der Waals surface area contributed by atoms with Crippen LogP contribution < -0.4 is 0 Å². The normalized spacial score (nSPS) is 47.0. The van der Waals surface area contributed by atoms with Gasteiger partial charge in [0.2, 0.25) is 0 Å². The number of hydrogen-bond donors (Lipinski definition) is 1. The molecule has 3 unspecified atom stereocenters. The van der Waals surface area contributed by atoms with E-state index >= 15 is 0 Å². The van der Waals surface area contributed by atoms with E-state index in [4.69, 9.17) is 13.3 Å². The summed E-state index contributed by atoms with van der Waals surface area (Å²) in [6, 6.07) is 0. The van der Waals surface area contributed by atoms with Crippen LogP contribution in [0.15, 0.2) is 0 Å². The predicted octanol–water partition coefficient (Wildman–Crippen LogP) is 0.489. The first kappa shape index (κ1) is 8.65. The molecule has 2 fully saturated rings. The Balaban J connectivity index is 2.17. The van der Waals surface area contributed by atoms with Gasteiger partial charge in [-0.3, -0.25) is 0 Å². The van der Waals surface area contributed by atoms with Gasteiger partial charge in [-0.25, -0.2) is 0 Å². The van der Waals surface area contributed by atoms with E-state index in [1.807, 2.05) is 13.8 Å². The molecule has 0 aromatic heterocycles. The lowest BCUT2D eigenvalue weighted by atomic mass is 10.2. The maximum atomic E-state index is 9.42. The van der Waals surface area contributed by atoms with E-state index in [0.29, 0.717) is 6.61 Å². The average Bonchev–Trinajstić information content (AvgIpc) is 2.25. The summed E-state index contributed by atoms with van der Waals surface area (Å²) in [5.41, 5.74) is 0.234. The number of aliphatic hydroxyl groups excluding tert-OH is 1. The minimum Gasteiger partial charge on any atom is -0.373 e. The Morgan fingerprint density at radius 3 is 2.75 bits per heavy atom. The van der Waals surface area contributed by atoms with E-state index in [1.165, 1.54) is 0 Å². The molecular formula is C7H14O4Si. The fourth-order valence-corrected chi connectivity index (χ4v) is 4.18. The Morgan fingerprint density at radius 2 is 2.17 bits per heavy atom. The van der Waals surface area contributed by atoms with E-state index in [1.54, 1.807) is 0 Å². The molecule has 4 nitrogen and oxygen atoms in total. The third-order valence-electron chi connectivity index (χ3n) is 2.33. The van der Waals surface area contributed by atoms with E-state index in [-0.39, 0.29) is 11.6 Å². The molecule has 0 radical (unpaired) electrons. The van der Waals surface area contributed by atoms with Gasteiger partial charge in [0.05, 0.1) is 0 Å². The van der Waals surface area contributed by atoms with Gasteiger partial charge in [0, 0.05) is 12.1 Å². The molecule has 0 aliphatic carbocycles. The quantitative estimate of drug-likeness (QED) is 0.611. The molecule has 2 saturated heterocycles. The van der Waals surface area contributed by atoms with Gasteiger partial charge < -0.3 is 18.4 Å². The molecule has 1 N–H and O–H groups in total. The van der Waals surface area contributed by atoms with Crippen LogP contribution in [0.4, 0.5) is 0 Å². The molecule has 2 heterocycles. The highest BCUT2D eigenvalue weighted by Gasteiger charge is 2.58. The van der Waals surface area contributed by atoms with Crippen molar-refractivity contribution in [2.24, 2.45) is 0 Å². The first-order chi connectivity index (χ1) is 5.64. The Morgan fingerprint density at radius 1 is 1.42 bits per heavy atom. The minimum absolute atomic E-state index is 0.146. The van der Waals surface area contributed by atoms with Crippen LogP contribution in [0.5, 0.6) is 0 Å². The smallest absolute Gasteiger partial charge is 0.373 e. The molecule has 0 aromatic carbocycles. The summed E-state index contributed by atoms with van der Waals surface area (Å²) in [6.45, 7) is 4.67. The van der Waals surface area contributed by atoms with Crippen molar-refractivity contribution >= 4 is 8.80 Å². The van der Waals surface area contributed by atoms with Crippen LogP contribution in [-0.2, 0) is 13.3 Å².